The van der Waals surface area contributed by atoms with Gasteiger partial charge < -0.3 is 10.4 Å². The Morgan fingerprint density at radius 1 is 1.21 bits per heavy atom. The lowest BCUT2D eigenvalue weighted by Crippen LogP contribution is -2.51. The van der Waals surface area contributed by atoms with Gasteiger partial charge in [0.05, 0.1) is 10.5 Å². The van der Waals surface area contributed by atoms with Gasteiger partial charge in [-0.25, -0.2) is 13.2 Å². The zero-order chi connectivity index (χ0) is 24.6. The second kappa shape index (κ2) is 9.49. The molecule has 184 valence electrons. The van der Waals surface area contributed by atoms with Crippen molar-refractivity contribution in [1.82, 2.24) is 14.5 Å². The number of carboxylic acid groups (broad SMARTS) is 1. The first-order valence-corrected chi connectivity index (χ1v) is 12.2. The Balaban J connectivity index is 1.70. The van der Waals surface area contributed by atoms with Gasteiger partial charge in [0.2, 0.25) is 15.9 Å². The Morgan fingerprint density at radius 2 is 1.85 bits per heavy atom. The van der Waals surface area contributed by atoms with Crippen LogP contribution >= 0.6 is 0 Å². The number of carbonyl (C=O) groups is 2. The highest BCUT2D eigenvalue weighted by molar-refractivity contribution is 7.89. The van der Waals surface area contributed by atoms with Gasteiger partial charge in [-0.2, -0.15) is 17.5 Å². The SMILES string of the molecule is CCCC(C(=O)N[C@H]1CC[C@H]2CN(S(=O)(=O)c3ccc(C(F)(F)F)cc3)C[C@H]21)N(C)C(=O)O. The van der Waals surface area contributed by atoms with E-state index in [4.69, 9.17) is 0 Å². The first-order chi connectivity index (χ1) is 15.4. The maximum atomic E-state index is 13.0. The van der Waals surface area contributed by atoms with Crippen molar-refractivity contribution in [3.63, 3.8) is 0 Å². The number of likely N-dealkylation sites (N-methyl/N-ethyl adjacent to an activating group) is 1. The van der Waals surface area contributed by atoms with Crippen LogP contribution in [0.3, 0.4) is 0 Å². The molecular formula is C21H28F3N3O5S. The van der Waals surface area contributed by atoms with Crippen molar-refractivity contribution in [2.75, 3.05) is 20.1 Å². The van der Waals surface area contributed by atoms with Gasteiger partial charge in [0, 0.05) is 26.2 Å². The third kappa shape index (κ3) is 5.26. The monoisotopic (exact) mass is 491 g/mol. The van der Waals surface area contributed by atoms with Gasteiger partial charge >= 0.3 is 12.3 Å². The summed E-state index contributed by atoms with van der Waals surface area (Å²) >= 11 is 0. The van der Waals surface area contributed by atoms with E-state index in [1.165, 1.54) is 11.4 Å². The number of sulfonamides is 1. The molecule has 0 spiro atoms. The quantitative estimate of drug-likeness (QED) is 0.610. The summed E-state index contributed by atoms with van der Waals surface area (Å²) in [7, 11) is -2.64. The average Bonchev–Trinajstić information content (AvgIpc) is 3.33. The Morgan fingerprint density at radius 3 is 2.39 bits per heavy atom. The van der Waals surface area contributed by atoms with Crippen molar-refractivity contribution >= 4 is 22.0 Å². The van der Waals surface area contributed by atoms with Gasteiger partial charge in [-0.1, -0.05) is 13.3 Å². The fourth-order valence-corrected chi connectivity index (χ4v) is 6.29. The van der Waals surface area contributed by atoms with Crippen molar-refractivity contribution in [3.8, 4) is 0 Å². The summed E-state index contributed by atoms with van der Waals surface area (Å²) in [5.74, 6) is -0.534. The molecule has 1 saturated carbocycles. The number of amides is 2. The summed E-state index contributed by atoms with van der Waals surface area (Å²) in [4.78, 5) is 24.9. The minimum atomic E-state index is -4.55. The second-order valence-electron chi connectivity index (χ2n) is 8.66. The number of benzene rings is 1. The molecule has 1 aromatic carbocycles. The number of nitrogens with zero attached hydrogens (tertiary/aromatic N) is 2. The van der Waals surface area contributed by atoms with Crippen LogP contribution in [0.25, 0.3) is 0 Å². The van der Waals surface area contributed by atoms with Crippen molar-refractivity contribution < 1.29 is 36.3 Å². The first kappa shape index (κ1) is 25.3. The van der Waals surface area contributed by atoms with Crippen LogP contribution in [0.15, 0.2) is 29.2 Å². The molecule has 2 amide bonds. The van der Waals surface area contributed by atoms with Gasteiger partial charge in [-0.3, -0.25) is 9.69 Å². The Bertz CT molecular complexity index is 984. The van der Waals surface area contributed by atoms with E-state index in [-0.39, 0.29) is 35.9 Å². The van der Waals surface area contributed by atoms with Crippen molar-refractivity contribution in [2.24, 2.45) is 11.8 Å². The van der Waals surface area contributed by atoms with Crippen LogP contribution in [0.4, 0.5) is 18.0 Å². The molecule has 0 aromatic heterocycles. The molecule has 0 radical (unpaired) electrons. The molecule has 33 heavy (non-hydrogen) atoms. The van der Waals surface area contributed by atoms with Crippen LogP contribution < -0.4 is 5.32 Å². The molecule has 2 fully saturated rings. The summed E-state index contributed by atoms with van der Waals surface area (Å²) in [5, 5.41) is 12.2. The summed E-state index contributed by atoms with van der Waals surface area (Å²) in [6.07, 6.45) is -3.42. The second-order valence-corrected chi connectivity index (χ2v) is 10.6. The molecule has 2 N–H and O–H groups in total. The zero-order valence-corrected chi connectivity index (χ0v) is 19.2. The molecule has 1 aliphatic heterocycles. The minimum Gasteiger partial charge on any atom is -0.465 e. The van der Waals surface area contributed by atoms with Gasteiger partial charge in [0.25, 0.3) is 0 Å². The molecule has 1 unspecified atom stereocenters. The predicted molar refractivity (Wildman–Crippen MR) is 113 cm³/mol. The average molecular weight is 492 g/mol. The van der Waals surface area contributed by atoms with Crippen LogP contribution in [0.5, 0.6) is 0 Å². The Labute approximate surface area is 190 Å². The number of hydrogen-bond donors (Lipinski definition) is 2. The largest absolute Gasteiger partial charge is 0.465 e. The standard InChI is InChI=1S/C21H28F3N3O5S/c1-3-4-18(26(2)20(29)30)19(28)25-17-10-5-13-11-27(12-16(13)17)33(31,32)15-8-6-14(7-9-15)21(22,23)24/h6-9,13,16-18H,3-5,10-12H2,1-2H3,(H,25,28)(H,29,30)/t13-,16+,17-,18?/m0/s1. The summed E-state index contributed by atoms with van der Waals surface area (Å²) in [6.45, 7) is 2.22. The number of alkyl halides is 3. The highest BCUT2D eigenvalue weighted by Gasteiger charge is 2.47. The Kier molecular flexibility index (Phi) is 7.27. The molecule has 0 bridgehead atoms. The molecule has 1 aliphatic carbocycles. The number of rotatable bonds is 7. The maximum Gasteiger partial charge on any atom is 0.416 e. The maximum absolute atomic E-state index is 13.0. The van der Waals surface area contributed by atoms with Gasteiger partial charge in [0.1, 0.15) is 6.04 Å². The number of nitrogens with one attached hydrogen (secondary N) is 1. The predicted octanol–water partition coefficient (Wildman–Crippen LogP) is 3.00. The fourth-order valence-electron chi connectivity index (χ4n) is 4.75. The molecule has 1 heterocycles. The highest BCUT2D eigenvalue weighted by Crippen LogP contribution is 2.40. The van der Waals surface area contributed by atoms with Crippen molar-refractivity contribution in [2.45, 2.75) is 55.8 Å². The molecule has 12 heteroatoms. The molecular weight excluding hydrogens is 463 g/mol. The lowest BCUT2D eigenvalue weighted by molar-refractivity contribution is -0.137. The number of halogens is 3. The number of fused-ring (bicyclic) bond motifs is 1. The van der Waals surface area contributed by atoms with Crippen LogP contribution in [-0.4, -0.2) is 67.0 Å². The molecule has 2 aliphatic rings. The van der Waals surface area contributed by atoms with E-state index in [9.17, 15) is 36.3 Å². The van der Waals surface area contributed by atoms with Crippen LogP contribution in [0.1, 0.15) is 38.2 Å². The smallest absolute Gasteiger partial charge is 0.416 e. The van der Waals surface area contributed by atoms with Gasteiger partial charge in [0.15, 0.2) is 0 Å². The van der Waals surface area contributed by atoms with E-state index in [0.29, 0.717) is 25.7 Å². The lowest BCUT2D eigenvalue weighted by atomic mass is 9.97. The summed E-state index contributed by atoms with van der Waals surface area (Å²) in [5.41, 5.74) is -0.921. The Hall–Kier alpha value is -2.34. The first-order valence-electron chi connectivity index (χ1n) is 10.8. The topological polar surface area (TPSA) is 107 Å². The van der Waals surface area contributed by atoms with E-state index in [2.05, 4.69) is 5.32 Å². The van der Waals surface area contributed by atoms with Gasteiger partial charge in [-0.15, -0.1) is 0 Å². The van der Waals surface area contributed by atoms with E-state index in [0.717, 1.165) is 29.2 Å². The minimum absolute atomic E-state index is 0.0151. The summed E-state index contributed by atoms with van der Waals surface area (Å²) in [6, 6.07) is 2.29. The third-order valence-electron chi connectivity index (χ3n) is 6.60. The zero-order valence-electron chi connectivity index (χ0n) is 18.4. The van der Waals surface area contributed by atoms with Crippen LogP contribution in [0.2, 0.25) is 0 Å². The molecule has 1 aromatic rings. The fraction of sp³-hybridized carbons (Fsp3) is 0.619. The van der Waals surface area contributed by atoms with E-state index in [1.807, 2.05) is 6.92 Å². The van der Waals surface area contributed by atoms with Crippen LogP contribution in [0, 0.1) is 11.8 Å². The van der Waals surface area contributed by atoms with Gasteiger partial charge in [-0.05, 0) is 55.4 Å². The molecule has 8 nitrogen and oxygen atoms in total. The molecule has 4 atom stereocenters. The third-order valence-corrected chi connectivity index (χ3v) is 8.45. The lowest BCUT2D eigenvalue weighted by Gasteiger charge is -2.28. The van der Waals surface area contributed by atoms with Crippen LogP contribution in [-0.2, 0) is 21.0 Å². The van der Waals surface area contributed by atoms with Crippen molar-refractivity contribution in [1.29, 1.82) is 0 Å². The highest BCUT2D eigenvalue weighted by atomic mass is 32.2. The number of hydrogen-bond acceptors (Lipinski definition) is 4. The van der Waals surface area contributed by atoms with E-state index < -0.39 is 39.8 Å². The number of carbonyl (C=O) groups excluding carboxylic acids is 1. The van der Waals surface area contributed by atoms with E-state index in [1.54, 1.807) is 0 Å². The summed E-state index contributed by atoms with van der Waals surface area (Å²) < 4.78 is 65.6. The van der Waals surface area contributed by atoms with Crippen molar-refractivity contribution in [3.05, 3.63) is 29.8 Å². The normalized spacial score (nSPS) is 24.3. The van der Waals surface area contributed by atoms with E-state index >= 15 is 0 Å². The molecule has 1 saturated heterocycles. The molecule has 3 rings (SSSR count).